The van der Waals surface area contributed by atoms with Gasteiger partial charge in [-0.3, -0.25) is 9.78 Å². The fourth-order valence-electron chi connectivity index (χ4n) is 1.50. The van der Waals surface area contributed by atoms with Crippen LogP contribution in [0.5, 0.6) is 0 Å². The Kier molecular flexibility index (Phi) is 6.07. The number of nitrogens with one attached hydrogen (secondary N) is 1. The number of carbonyl (C=O) groups is 1. The molecule has 0 atom stereocenters. The zero-order chi connectivity index (χ0) is 16.0. The highest BCUT2D eigenvalue weighted by Crippen LogP contribution is 2.22. The summed E-state index contributed by atoms with van der Waals surface area (Å²) < 4.78 is 53.0. The van der Waals surface area contributed by atoms with E-state index in [-0.39, 0.29) is 6.54 Å². The van der Waals surface area contributed by atoms with Crippen LogP contribution in [0.25, 0.3) is 0 Å². The van der Waals surface area contributed by atoms with Crippen LogP contribution in [0.2, 0.25) is 0 Å². The first-order valence-electron chi connectivity index (χ1n) is 6.15. The van der Waals surface area contributed by atoms with Gasteiger partial charge in [-0.1, -0.05) is 0 Å². The molecule has 1 N–H and O–H groups in total. The Morgan fingerprint density at radius 3 is 2.67 bits per heavy atom. The smallest absolute Gasteiger partial charge is 0.330 e. The van der Waals surface area contributed by atoms with Gasteiger partial charge >= 0.3 is 12.3 Å². The van der Waals surface area contributed by atoms with Crippen molar-refractivity contribution < 1.29 is 27.1 Å². The van der Waals surface area contributed by atoms with Gasteiger partial charge in [0.25, 0.3) is 0 Å². The van der Waals surface area contributed by atoms with Crippen LogP contribution < -0.4 is 5.32 Å². The molecule has 118 valence electrons. The van der Waals surface area contributed by atoms with Crippen molar-refractivity contribution in [2.24, 2.45) is 0 Å². The summed E-state index contributed by atoms with van der Waals surface area (Å²) in [6.07, 6.45) is -2.22. The summed E-state index contributed by atoms with van der Waals surface area (Å²) in [7, 11) is 0. The van der Waals surface area contributed by atoms with Crippen molar-refractivity contribution in [3.63, 3.8) is 0 Å². The van der Waals surface area contributed by atoms with Crippen molar-refractivity contribution in [3.05, 3.63) is 29.1 Å². The molecule has 0 saturated carbocycles. The van der Waals surface area contributed by atoms with Gasteiger partial charge < -0.3 is 10.1 Å². The van der Waals surface area contributed by atoms with E-state index in [0.717, 1.165) is 16.8 Å². The number of nitrogens with zero attached hydrogens (tertiary/aromatic N) is 1. The van der Waals surface area contributed by atoms with Gasteiger partial charge in [0.2, 0.25) is 5.91 Å². The number of carbonyl (C=O) groups excluding carboxylic acids is 1. The highest BCUT2D eigenvalue weighted by molar-refractivity contribution is 5.77. The third kappa shape index (κ3) is 5.66. The lowest BCUT2D eigenvalue weighted by Gasteiger charge is -2.15. The van der Waals surface area contributed by atoms with Gasteiger partial charge in [0.1, 0.15) is 13.2 Å². The molecule has 0 aliphatic rings. The molecule has 0 aliphatic carbocycles. The van der Waals surface area contributed by atoms with Crippen molar-refractivity contribution in [1.82, 2.24) is 10.3 Å². The Morgan fingerprint density at radius 1 is 1.43 bits per heavy atom. The summed E-state index contributed by atoms with van der Waals surface area (Å²) in [5.41, 5.74) is 2.53. The van der Waals surface area contributed by atoms with Gasteiger partial charge in [0, 0.05) is 18.4 Å². The van der Waals surface area contributed by atoms with E-state index >= 15 is 0 Å². The molecular formula is C13H16F4N2O2. The molecule has 1 amide bonds. The fraction of sp³-hybridized carbons (Fsp3) is 0.538. The lowest BCUT2D eigenvalue weighted by Crippen LogP contribution is -2.35. The Bertz CT molecular complexity index is 495. The fourth-order valence-corrected chi connectivity index (χ4v) is 1.50. The van der Waals surface area contributed by atoms with Crippen LogP contribution in [0.1, 0.15) is 16.8 Å². The van der Waals surface area contributed by atoms with Gasteiger partial charge in [0.05, 0.1) is 0 Å². The van der Waals surface area contributed by atoms with E-state index in [1.54, 1.807) is 6.20 Å². The second kappa shape index (κ2) is 7.35. The molecule has 0 spiro atoms. The van der Waals surface area contributed by atoms with E-state index in [1.807, 2.05) is 19.9 Å². The van der Waals surface area contributed by atoms with Crippen LogP contribution in [-0.4, -0.2) is 36.5 Å². The lowest BCUT2D eigenvalue weighted by molar-refractivity contribution is -0.168. The monoisotopic (exact) mass is 308 g/mol. The number of rotatable bonds is 7. The molecule has 0 bridgehead atoms. The van der Waals surface area contributed by atoms with Crippen molar-refractivity contribution in [2.45, 2.75) is 32.7 Å². The normalized spacial score (nSPS) is 11.8. The molecule has 1 aromatic heterocycles. The highest BCUT2D eigenvalue weighted by Gasteiger charge is 2.41. The van der Waals surface area contributed by atoms with E-state index in [4.69, 9.17) is 0 Å². The Morgan fingerprint density at radius 2 is 2.10 bits per heavy atom. The van der Waals surface area contributed by atoms with Gasteiger partial charge in [-0.25, -0.2) is 8.78 Å². The second-order valence-corrected chi connectivity index (χ2v) is 4.58. The zero-order valence-electron chi connectivity index (χ0n) is 11.6. The Hall–Kier alpha value is -1.70. The molecule has 0 aromatic carbocycles. The number of halogens is 4. The highest BCUT2D eigenvalue weighted by atomic mass is 19.3. The molecule has 0 radical (unpaired) electrons. The van der Waals surface area contributed by atoms with E-state index in [9.17, 15) is 22.4 Å². The average molecular weight is 308 g/mol. The maximum Gasteiger partial charge on any atom is 0.330 e. The van der Waals surface area contributed by atoms with Crippen LogP contribution in [0.3, 0.4) is 0 Å². The number of alkyl halides is 4. The molecule has 1 rings (SSSR count). The van der Waals surface area contributed by atoms with Crippen molar-refractivity contribution in [2.75, 3.05) is 13.2 Å². The van der Waals surface area contributed by atoms with Crippen LogP contribution in [0, 0.1) is 13.8 Å². The van der Waals surface area contributed by atoms with Crippen LogP contribution >= 0.6 is 0 Å². The van der Waals surface area contributed by atoms with Crippen molar-refractivity contribution >= 4 is 5.91 Å². The van der Waals surface area contributed by atoms with Crippen LogP contribution in [0.15, 0.2) is 12.3 Å². The topological polar surface area (TPSA) is 51.2 Å². The Labute approximate surface area is 119 Å². The van der Waals surface area contributed by atoms with Gasteiger partial charge in [0.15, 0.2) is 0 Å². The zero-order valence-corrected chi connectivity index (χ0v) is 11.6. The SMILES string of the molecule is Cc1cc(C)c(CNC(=O)COCC(F)(F)C(F)F)cn1. The standard InChI is InChI=1S/C13H16F4N2O2/c1-8-3-9(2)18-4-10(8)5-19-11(20)6-21-7-13(16,17)12(14)15/h3-4,12H,5-7H2,1-2H3,(H,19,20). The predicted octanol–water partition coefficient (Wildman–Crippen LogP) is 2.23. The maximum absolute atomic E-state index is 12.5. The first kappa shape index (κ1) is 17.4. The maximum atomic E-state index is 12.5. The van der Waals surface area contributed by atoms with Gasteiger partial charge in [-0.05, 0) is 31.0 Å². The van der Waals surface area contributed by atoms with E-state index < -0.39 is 31.5 Å². The second-order valence-electron chi connectivity index (χ2n) is 4.58. The molecule has 1 heterocycles. The number of pyridine rings is 1. The number of aromatic nitrogens is 1. The molecule has 0 saturated heterocycles. The number of hydrogen-bond donors (Lipinski definition) is 1. The summed E-state index contributed by atoms with van der Waals surface area (Å²) >= 11 is 0. The quantitative estimate of drug-likeness (QED) is 0.786. The largest absolute Gasteiger partial charge is 0.365 e. The van der Waals surface area contributed by atoms with E-state index in [0.29, 0.717) is 0 Å². The minimum atomic E-state index is -4.25. The van der Waals surface area contributed by atoms with Crippen molar-refractivity contribution in [3.8, 4) is 0 Å². The van der Waals surface area contributed by atoms with Gasteiger partial charge in [-0.15, -0.1) is 0 Å². The molecular weight excluding hydrogens is 292 g/mol. The molecule has 8 heteroatoms. The molecule has 1 aromatic rings. The predicted molar refractivity (Wildman–Crippen MR) is 67.3 cm³/mol. The van der Waals surface area contributed by atoms with Crippen LogP contribution in [0.4, 0.5) is 17.6 Å². The van der Waals surface area contributed by atoms with E-state index in [1.165, 1.54) is 0 Å². The first-order chi connectivity index (χ1) is 9.72. The summed E-state index contributed by atoms with van der Waals surface area (Å²) in [4.78, 5) is 15.4. The summed E-state index contributed by atoms with van der Waals surface area (Å²) in [6, 6.07) is 1.83. The molecule has 0 unspecified atom stereocenters. The molecule has 0 aliphatic heterocycles. The van der Waals surface area contributed by atoms with Crippen molar-refractivity contribution in [1.29, 1.82) is 0 Å². The van der Waals surface area contributed by atoms with E-state index in [2.05, 4.69) is 15.0 Å². The minimum absolute atomic E-state index is 0.159. The lowest BCUT2D eigenvalue weighted by atomic mass is 10.1. The number of ether oxygens (including phenoxy) is 1. The minimum Gasteiger partial charge on any atom is -0.365 e. The summed E-state index contributed by atoms with van der Waals surface area (Å²) in [5, 5.41) is 2.44. The summed E-state index contributed by atoms with van der Waals surface area (Å²) in [6.45, 7) is 1.62. The number of amides is 1. The van der Waals surface area contributed by atoms with Crippen LogP contribution in [-0.2, 0) is 16.1 Å². The third-order valence-corrected chi connectivity index (χ3v) is 2.68. The third-order valence-electron chi connectivity index (χ3n) is 2.68. The van der Waals surface area contributed by atoms with Gasteiger partial charge in [-0.2, -0.15) is 8.78 Å². The molecule has 21 heavy (non-hydrogen) atoms. The number of hydrogen-bond acceptors (Lipinski definition) is 3. The summed E-state index contributed by atoms with van der Waals surface area (Å²) in [5.74, 6) is -4.92. The number of aryl methyl sites for hydroxylation is 2. The average Bonchev–Trinajstić information content (AvgIpc) is 2.37. The molecule has 4 nitrogen and oxygen atoms in total. The first-order valence-corrected chi connectivity index (χ1v) is 6.15. The molecule has 0 fully saturated rings. The Balaban J connectivity index is 2.35.